The minimum atomic E-state index is 0.273. The molecule has 0 aliphatic carbocycles. The van der Waals surface area contributed by atoms with Gasteiger partial charge in [0.1, 0.15) is 0 Å². The number of hydrogen-bond donors (Lipinski definition) is 1. The van der Waals surface area contributed by atoms with Gasteiger partial charge in [0.25, 0.3) is 0 Å². The van der Waals surface area contributed by atoms with E-state index in [1.807, 2.05) is 26.0 Å². The summed E-state index contributed by atoms with van der Waals surface area (Å²) in [6.07, 6.45) is 0.285. The molecule has 4 nitrogen and oxygen atoms in total. The van der Waals surface area contributed by atoms with E-state index >= 15 is 0 Å². The maximum Gasteiger partial charge on any atom is 0.231 e. The van der Waals surface area contributed by atoms with Crippen LogP contribution in [0.15, 0.2) is 18.2 Å². The summed E-state index contributed by atoms with van der Waals surface area (Å²) in [5, 5.41) is 3.42. The molecule has 18 heavy (non-hydrogen) atoms. The largest absolute Gasteiger partial charge is 0.454 e. The summed E-state index contributed by atoms with van der Waals surface area (Å²) in [7, 11) is 0. The normalized spacial score (nSPS) is 15.1. The molecule has 1 unspecified atom stereocenters. The fourth-order valence-corrected chi connectivity index (χ4v) is 1.87. The molecule has 0 bridgehead atoms. The molecule has 4 heteroatoms. The molecule has 1 N–H and O–H groups in total. The van der Waals surface area contributed by atoms with Gasteiger partial charge in [-0.1, -0.05) is 6.07 Å². The van der Waals surface area contributed by atoms with Crippen molar-refractivity contribution in [2.45, 2.75) is 32.9 Å². The zero-order valence-corrected chi connectivity index (χ0v) is 11.2. The lowest BCUT2D eigenvalue weighted by atomic mass is 10.1. The van der Waals surface area contributed by atoms with E-state index in [2.05, 4.69) is 18.3 Å². The van der Waals surface area contributed by atoms with Crippen molar-refractivity contribution in [3.63, 3.8) is 0 Å². The van der Waals surface area contributed by atoms with Crippen LogP contribution in [0.25, 0.3) is 0 Å². The molecule has 2 rings (SSSR count). The summed E-state index contributed by atoms with van der Waals surface area (Å²) in [5.74, 6) is 1.66. The molecule has 1 aliphatic rings. The minimum Gasteiger partial charge on any atom is -0.454 e. The van der Waals surface area contributed by atoms with Crippen molar-refractivity contribution < 1.29 is 14.2 Å². The fourth-order valence-electron chi connectivity index (χ4n) is 1.87. The van der Waals surface area contributed by atoms with Gasteiger partial charge in [-0.3, -0.25) is 0 Å². The average Bonchev–Trinajstić information content (AvgIpc) is 2.81. The Bertz CT molecular complexity index is 393. The maximum atomic E-state index is 5.49. The highest BCUT2D eigenvalue weighted by atomic mass is 16.7. The Morgan fingerprint density at radius 1 is 1.22 bits per heavy atom. The highest BCUT2D eigenvalue weighted by Crippen LogP contribution is 2.33. The minimum absolute atomic E-state index is 0.273. The van der Waals surface area contributed by atoms with Gasteiger partial charge in [0.2, 0.25) is 6.79 Å². The Hall–Kier alpha value is -1.26. The Morgan fingerprint density at radius 3 is 2.78 bits per heavy atom. The number of ether oxygens (including phenoxy) is 3. The SMILES string of the molecule is CC(C)OCCNC(C)c1ccc2c(c1)OCO2. The lowest BCUT2D eigenvalue weighted by molar-refractivity contribution is 0.0796. The first-order valence-electron chi connectivity index (χ1n) is 6.41. The molecule has 0 aromatic heterocycles. The van der Waals surface area contributed by atoms with Crippen molar-refractivity contribution in [2.75, 3.05) is 19.9 Å². The standard InChI is InChI=1S/C14H21NO3/c1-10(2)16-7-6-15-11(3)12-4-5-13-14(8-12)18-9-17-13/h4-5,8,10-11,15H,6-7,9H2,1-3H3. The van der Waals surface area contributed by atoms with Gasteiger partial charge in [0.15, 0.2) is 11.5 Å². The molecule has 1 heterocycles. The van der Waals surface area contributed by atoms with Gasteiger partial charge in [-0.15, -0.1) is 0 Å². The molecule has 0 fully saturated rings. The van der Waals surface area contributed by atoms with E-state index in [0.717, 1.165) is 24.7 Å². The van der Waals surface area contributed by atoms with Crippen LogP contribution in [0.2, 0.25) is 0 Å². The number of rotatable bonds is 6. The first-order valence-corrected chi connectivity index (χ1v) is 6.41. The maximum absolute atomic E-state index is 5.49. The molecule has 0 amide bonds. The summed E-state index contributed by atoms with van der Waals surface area (Å²) in [4.78, 5) is 0. The van der Waals surface area contributed by atoms with Crippen LogP contribution >= 0.6 is 0 Å². The van der Waals surface area contributed by atoms with Crippen LogP contribution in [-0.2, 0) is 4.74 Å². The van der Waals surface area contributed by atoms with E-state index in [-0.39, 0.29) is 12.1 Å². The zero-order valence-electron chi connectivity index (χ0n) is 11.2. The van der Waals surface area contributed by atoms with Gasteiger partial charge in [-0.25, -0.2) is 0 Å². The van der Waals surface area contributed by atoms with Gasteiger partial charge in [0.05, 0.1) is 12.7 Å². The summed E-state index contributed by atoms with van der Waals surface area (Å²) in [6, 6.07) is 6.33. The van der Waals surface area contributed by atoms with E-state index in [4.69, 9.17) is 14.2 Å². The molecular weight excluding hydrogens is 230 g/mol. The third kappa shape index (κ3) is 3.37. The molecule has 0 spiro atoms. The Balaban J connectivity index is 1.83. The van der Waals surface area contributed by atoms with E-state index in [0.29, 0.717) is 6.79 Å². The van der Waals surface area contributed by atoms with Crippen LogP contribution in [0.5, 0.6) is 11.5 Å². The van der Waals surface area contributed by atoms with Crippen molar-refractivity contribution in [1.82, 2.24) is 5.32 Å². The van der Waals surface area contributed by atoms with Crippen molar-refractivity contribution in [3.05, 3.63) is 23.8 Å². The summed E-state index contributed by atoms with van der Waals surface area (Å²) in [5.41, 5.74) is 1.20. The second kappa shape index (κ2) is 6.07. The van der Waals surface area contributed by atoms with E-state index in [1.165, 1.54) is 5.56 Å². The van der Waals surface area contributed by atoms with Crippen molar-refractivity contribution in [3.8, 4) is 11.5 Å². The number of nitrogens with one attached hydrogen (secondary N) is 1. The second-order valence-corrected chi connectivity index (χ2v) is 4.71. The molecule has 100 valence electrons. The molecule has 1 atom stereocenters. The van der Waals surface area contributed by atoms with Crippen LogP contribution < -0.4 is 14.8 Å². The smallest absolute Gasteiger partial charge is 0.231 e. The second-order valence-electron chi connectivity index (χ2n) is 4.71. The highest BCUT2D eigenvalue weighted by Gasteiger charge is 2.15. The quantitative estimate of drug-likeness (QED) is 0.788. The Kier molecular flexibility index (Phi) is 4.44. The summed E-state index contributed by atoms with van der Waals surface area (Å²) >= 11 is 0. The van der Waals surface area contributed by atoms with Gasteiger partial charge >= 0.3 is 0 Å². The van der Waals surface area contributed by atoms with Crippen molar-refractivity contribution in [2.24, 2.45) is 0 Å². The first kappa shape index (κ1) is 13.2. The van der Waals surface area contributed by atoms with Crippen molar-refractivity contribution in [1.29, 1.82) is 0 Å². The van der Waals surface area contributed by atoms with E-state index in [9.17, 15) is 0 Å². The molecule has 0 saturated carbocycles. The van der Waals surface area contributed by atoms with Crippen LogP contribution in [0.1, 0.15) is 32.4 Å². The Morgan fingerprint density at radius 2 is 2.00 bits per heavy atom. The zero-order chi connectivity index (χ0) is 13.0. The fraction of sp³-hybridized carbons (Fsp3) is 0.571. The van der Waals surface area contributed by atoms with Crippen molar-refractivity contribution >= 4 is 0 Å². The molecule has 0 radical (unpaired) electrons. The molecule has 1 aromatic carbocycles. The summed E-state index contributed by atoms with van der Waals surface area (Å²) in [6.45, 7) is 8.11. The van der Waals surface area contributed by atoms with Crippen LogP contribution in [0.4, 0.5) is 0 Å². The number of benzene rings is 1. The lowest BCUT2D eigenvalue weighted by Gasteiger charge is -2.15. The van der Waals surface area contributed by atoms with E-state index in [1.54, 1.807) is 0 Å². The average molecular weight is 251 g/mol. The number of fused-ring (bicyclic) bond motifs is 1. The summed E-state index contributed by atoms with van der Waals surface area (Å²) < 4.78 is 16.2. The van der Waals surface area contributed by atoms with Gasteiger partial charge in [-0.2, -0.15) is 0 Å². The van der Waals surface area contributed by atoms with Gasteiger partial charge in [-0.05, 0) is 38.5 Å². The third-order valence-electron chi connectivity index (χ3n) is 2.90. The molecule has 1 aliphatic heterocycles. The first-order chi connectivity index (χ1) is 8.66. The highest BCUT2D eigenvalue weighted by molar-refractivity contribution is 5.45. The molecule has 1 aromatic rings. The van der Waals surface area contributed by atoms with Crippen LogP contribution in [-0.4, -0.2) is 26.0 Å². The topological polar surface area (TPSA) is 39.7 Å². The Labute approximate surface area is 108 Å². The molecule has 0 saturated heterocycles. The molecular formula is C14H21NO3. The van der Waals surface area contributed by atoms with Gasteiger partial charge in [0, 0.05) is 12.6 Å². The number of hydrogen-bond acceptors (Lipinski definition) is 4. The monoisotopic (exact) mass is 251 g/mol. The predicted octanol–water partition coefficient (Wildman–Crippen LogP) is 2.49. The van der Waals surface area contributed by atoms with Gasteiger partial charge < -0.3 is 19.5 Å². The van der Waals surface area contributed by atoms with Crippen LogP contribution in [0.3, 0.4) is 0 Å². The third-order valence-corrected chi connectivity index (χ3v) is 2.90. The van der Waals surface area contributed by atoms with E-state index < -0.39 is 0 Å². The lowest BCUT2D eigenvalue weighted by Crippen LogP contribution is -2.24. The van der Waals surface area contributed by atoms with Crippen LogP contribution in [0, 0.1) is 0 Å². The predicted molar refractivity (Wildman–Crippen MR) is 70.1 cm³/mol.